The van der Waals surface area contributed by atoms with Crippen LogP contribution < -0.4 is 11.1 Å². The summed E-state index contributed by atoms with van der Waals surface area (Å²) in [7, 11) is 0. The first-order valence-electron chi connectivity index (χ1n) is 5.56. The number of nitrogens with one attached hydrogen (secondary N) is 1. The highest BCUT2D eigenvalue weighted by Gasteiger charge is 1.99. The fourth-order valence-corrected chi connectivity index (χ4v) is 1.51. The van der Waals surface area contributed by atoms with Crippen LogP contribution in [-0.4, -0.2) is 16.5 Å². The summed E-state index contributed by atoms with van der Waals surface area (Å²) >= 11 is 0. The van der Waals surface area contributed by atoms with Gasteiger partial charge in [-0.25, -0.2) is 4.98 Å². The molecule has 0 aliphatic heterocycles. The van der Waals surface area contributed by atoms with Crippen molar-refractivity contribution in [2.75, 3.05) is 17.6 Å². The van der Waals surface area contributed by atoms with Gasteiger partial charge in [0.1, 0.15) is 5.82 Å². The number of hydrogen-bond acceptors (Lipinski definition) is 4. The van der Waals surface area contributed by atoms with Crippen LogP contribution in [0.15, 0.2) is 24.4 Å². The first-order chi connectivity index (χ1) is 7.79. The summed E-state index contributed by atoms with van der Waals surface area (Å²) in [6.07, 6.45) is 4.06. The van der Waals surface area contributed by atoms with Gasteiger partial charge in [0, 0.05) is 12.2 Å². The summed E-state index contributed by atoms with van der Waals surface area (Å²) < 4.78 is 0. The van der Waals surface area contributed by atoms with Crippen LogP contribution in [0.4, 0.5) is 11.5 Å². The lowest BCUT2D eigenvalue weighted by molar-refractivity contribution is 0.831. The molecule has 0 amide bonds. The first-order valence-corrected chi connectivity index (χ1v) is 5.56. The van der Waals surface area contributed by atoms with E-state index in [-0.39, 0.29) is 0 Å². The molecule has 1 aromatic heterocycles. The second-order valence-electron chi connectivity index (χ2n) is 3.78. The van der Waals surface area contributed by atoms with Crippen LogP contribution in [0.25, 0.3) is 11.0 Å². The number of fused-ring (bicyclic) bond motifs is 1. The molecule has 0 saturated heterocycles. The van der Waals surface area contributed by atoms with E-state index in [1.165, 1.54) is 6.42 Å². The standard InChI is InChI=1S/C12H16N4/c1-2-3-6-14-12-8-15-11-7-9(13)4-5-10(11)16-12/h4-5,7-8H,2-3,6,13H2,1H3,(H,14,16). The van der Waals surface area contributed by atoms with Gasteiger partial charge in [-0.15, -0.1) is 0 Å². The van der Waals surface area contributed by atoms with Crippen LogP contribution in [0.5, 0.6) is 0 Å². The molecule has 16 heavy (non-hydrogen) atoms. The van der Waals surface area contributed by atoms with Gasteiger partial charge in [-0.1, -0.05) is 13.3 Å². The second-order valence-corrected chi connectivity index (χ2v) is 3.78. The Morgan fingerprint density at radius 1 is 1.31 bits per heavy atom. The Kier molecular flexibility index (Phi) is 3.19. The van der Waals surface area contributed by atoms with Gasteiger partial charge in [-0.3, -0.25) is 4.98 Å². The summed E-state index contributed by atoms with van der Waals surface area (Å²) in [6, 6.07) is 5.56. The van der Waals surface area contributed by atoms with Gasteiger partial charge >= 0.3 is 0 Å². The number of nitrogens with zero attached hydrogens (tertiary/aromatic N) is 2. The minimum Gasteiger partial charge on any atom is -0.399 e. The topological polar surface area (TPSA) is 63.8 Å². The third-order valence-corrected chi connectivity index (χ3v) is 2.40. The van der Waals surface area contributed by atoms with Crippen molar-refractivity contribution < 1.29 is 0 Å². The van der Waals surface area contributed by atoms with Crippen molar-refractivity contribution in [1.82, 2.24) is 9.97 Å². The predicted molar refractivity (Wildman–Crippen MR) is 67.3 cm³/mol. The number of anilines is 2. The molecule has 0 spiro atoms. The number of rotatable bonds is 4. The molecular formula is C12H16N4. The van der Waals surface area contributed by atoms with E-state index in [1.807, 2.05) is 18.2 Å². The van der Waals surface area contributed by atoms with Crippen molar-refractivity contribution in [2.45, 2.75) is 19.8 Å². The smallest absolute Gasteiger partial charge is 0.145 e. The maximum Gasteiger partial charge on any atom is 0.145 e. The molecule has 0 aliphatic carbocycles. The van der Waals surface area contributed by atoms with Gasteiger partial charge in [0.15, 0.2) is 0 Å². The highest BCUT2D eigenvalue weighted by molar-refractivity contribution is 5.78. The minimum absolute atomic E-state index is 0.716. The van der Waals surface area contributed by atoms with Crippen molar-refractivity contribution in [3.05, 3.63) is 24.4 Å². The molecular weight excluding hydrogens is 200 g/mol. The van der Waals surface area contributed by atoms with Crippen molar-refractivity contribution in [3.8, 4) is 0 Å². The molecule has 0 aliphatic rings. The monoisotopic (exact) mass is 216 g/mol. The zero-order valence-corrected chi connectivity index (χ0v) is 9.40. The Morgan fingerprint density at radius 3 is 3.00 bits per heavy atom. The fraction of sp³-hybridized carbons (Fsp3) is 0.333. The molecule has 2 rings (SSSR count). The Balaban J connectivity index is 2.20. The lowest BCUT2D eigenvalue weighted by Gasteiger charge is -2.05. The van der Waals surface area contributed by atoms with Crippen LogP contribution in [0, 0.1) is 0 Å². The summed E-state index contributed by atoms with van der Waals surface area (Å²) in [5.74, 6) is 0.825. The second kappa shape index (κ2) is 4.79. The van der Waals surface area contributed by atoms with E-state index in [2.05, 4.69) is 22.2 Å². The van der Waals surface area contributed by atoms with E-state index in [0.29, 0.717) is 5.69 Å². The van der Waals surface area contributed by atoms with Crippen molar-refractivity contribution in [1.29, 1.82) is 0 Å². The molecule has 0 bridgehead atoms. The van der Waals surface area contributed by atoms with Gasteiger partial charge in [-0.2, -0.15) is 0 Å². The highest BCUT2D eigenvalue weighted by atomic mass is 15.0. The van der Waals surface area contributed by atoms with Crippen LogP contribution in [0.2, 0.25) is 0 Å². The fourth-order valence-electron chi connectivity index (χ4n) is 1.51. The Labute approximate surface area is 94.9 Å². The average molecular weight is 216 g/mol. The zero-order chi connectivity index (χ0) is 11.4. The summed E-state index contributed by atoms with van der Waals surface area (Å²) in [5.41, 5.74) is 8.10. The normalized spacial score (nSPS) is 10.6. The Hall–Kier alpha value is -1.84. The van der Waals surface area contributed by atoms with Crippen LogP contribution >= 0.6 is 0 Å². The molecule has 4 heteroatoms. The summed E-state index contributed by atoms with van der Waals surface area (Å²) in [5, 5.41) is 3.25. The van der Waals surface area contributed by atoms with Gasteiger partial charge < -0.3 is 11.1 Å². The number of nitrogens with two attached hydrogens (primary N) is 1. The summed E-state index contributed by atoms with van der Waals surface area (Å²) in [6.45, 7) is 3.10. The van der Waals surface area contributed by atoms with Crippen LogP contribution in [0.3, 0.4) is 0 Å². The molecule has 0 radical (unpaired) electrons. The van der Waals surface area contributed by atoms with E-state index >= 15 is 0 Å². The first kappa shape index (κ1) is 10.7. The molecule has 84 valence electrons. The maximum absolute atomic E-state index is 5.68. The van der Waals surface area contributed by atoms with E-state index in [4.69, 9.17) is 5.73 Å². The third kappa shape index (κ3) is 2.39. The minimum atomic E-state index is 0.716. The average Bonchev–Trinajstić information content (AvgIpc) is 2.29. The number of benzene rings is 1. The Bertz CT molecular complexity index is 481. The van der Waals surface area contributed by atoms with Crippen molar-refractivity contribution >= 4 is 22.5 Å². The predicted octanol–water partition coefficient (Wildman–Crippen LogP) is 2.42. The third-order valence-electron chi connectivity index (χ3n) is 2.40. The summed E-state index contributed by atoms with van der Waals surface area (Å²) in [4.78, 5) is 8.77. The molecule has 0 unspecified atom stereocenters. The molecule has 4 nitrogen and oxygen atoms in total. The lowest BCUT2D eigenvalue weighted by Crippen LogP contribution is -2.03. The number of unbranched alkanes of at least 4 members (excludes halogenated alkanes) is 1. The quantitative estimate of drug-likeness (QED) is 0.608. The highest BCUT2D eigenvalue weighted by Crippen LogP contribution is 2.15. The molecule has 1 heterocycles. The largest absolute Gasteiger partial charge is 0.399 e. The van der Waals surface area contributed by atoms with Gasteiger partial charge in [0.2, 0.25) is 0 Å². The molecule has 0 fully saturated rings. The number of aromatic nitrogens is 2. The number of hydrogen-bond donors (Lipinski definition) is 2. The number of nitrogen functional groups attached to an aromatic ring is 1. The molecule has 1 aromatic carbocycles. The van der Waals surface area contributed by atoms with Gasteiger partial charge in [0.25, 0.3) is 0 Å². The lowest BCUT2D eigenvalue weighted by atomic mass is 10.2. The van der Waals surface area contributed by atoms with Gasteiger partial charge in [0.05, 0.1) is 17.2 Å². The van der Waals surface area contributed by atoms with Crippen LogP contribution in [-0.2, 0) is 0 Å². The van der Waals surface area contributed by atoms with Crippen molar-refractivity contribution in [2.24, 2.45) is 0 Å². The van der Waals surface area contributed by atoms with Crippen LogP contribution in [0.1, 0.15) is 19.8 Å². The van der Waals surface area contributed by atoms with Crippen molar-refractivity contribution in [3.63, 3.8) is 0 Å². The van der Waals surface area contributed by atoms with E-state index < -0.39 is 0 Å². The zero-order valence-electron chi connectivity index (χ0n) is 9.40. The molecule has 0 saturated carbocycles. The van der Waals surface area contributed by atoms with E-state index in [1.54, 1.807) is 6.20 Å². The molecule has 0 atom stereocenters. The van der Waals surface area contributed by atoms with Gasteiger partial charge in [-0.05, 0) is 24.6 Å². The van der Waals surface area contributed by atoms with E-state index in [9.17, 15) is 0 Å². The maximum atomic E-state index is 5.68. The SMILES string of the molecule is CCCCNc1cnc2cc(N)ccc2n1. The Morgan fingerprint density at radius 2 is 2.19 bits per heavy atom. The van der Waals surface area contributed by atoms with E-state index in [0.717, 1.165) is 29.8 Å². The molecule has 2 aromatic rings. The molecule has 3 N–H and O–H groups in total.